The minimum absolute atomic E-state index is 0.140. The topological polar surface area (TPSA) is 26.3 Å². The Morgan fingerprint density at radius 3 is 3.00 bits per heavy atom. The zero-order chi connectivity index (χ0) is 10.4. The molecule has 1 rings (SSSR count). The zero-order valence-electron chi connectivity index (χ0n) is 8.09. The van der Waals surface area contributed by atoms with E-state index in [9.17, 15) is 4.79 Å². The molecular formula is C10H13BrO2S. The molecule has 0 atom stereocenters. The molecule has 0 aliphatic heterocycles. The van der Waals surface area contributed by atoms with Crippen LogP contribution in [0.25, 0.3) is 0 Å². The number of rotatable bonds is 6. The first-order valence-electron chi connectivity index (χ1n) is 4.55. The summed E-state index contributed by atoms with van der Waals surface area (Å²) in [7, 11) is 0. The highest BCUT2D eigenvalue weighted by atomic mass is 79.9. The van der Waals surface area contributed by atoms with Crippen molar-refractivity contribution >= 4 is 33.0 Å². The lowest BCUT2D eigenvalue weighted by atomic mass is 10.2. The first-order valence-corrected chi connectivity index (χ1v) is 6.22. The number of halogens is 1. The summed E-state index contributed by atoms with van der Waals surface area (Å²) in [5.74, 6) is 0.140. The summed E-state index contributed by atoms with van der Waals surface area (Å²) in [6.45, 7) is 2.93. The summed E-state index contributed by atoms with van der Waals surface area (Å²) < 4.78 is 6.19. The maximum Gasteiger partial charge on any atom is 0.163 e. The standard InChI is InChI=1S/C10H13BrO2S/c1-2-4-13-7-8(12)6-10-9(11)3-5-14-10/h3,5H,2,4,6-7H2,1H3. The Morgan fingerprint density at radius 1 is 1.64 bits per heavy atom. The Labute approximate surface area is 96.4 Å². The molecule has 4 heteroatoms. The van der Waals surface area contributed by atoms with E-state index in [2.05, 4.69) is 15.9 Å². The van der Waals surface area contributed by atoms with Gasteiger partial charge in [-0.05, 0) is 33.8 Å². The number of thiophene rings is 1. The third-order valence-corrected chi connectivity index (χ3v) is 3.59. The predicted octanol–water partition coefficient (Wildman–Crippen LogP) is 3.05. The lowest BCUT2D eigenvalue weighted by molar-refractivity contribution is -0.122. The van der Waals surface area contributed by atoms with Crippen molar-refractivity contribution in [2.75, 3.05) is 13.2 Å². The molecule has 1 aromatic rings. The fourth-order valence-corrected chi connectivity index (χ4v) is 2.53. The van der Waals surface area contributed by atoms with Gasteiger partial charge in [0, 0.05) is 22.4 Å². The zero-order valence-corrected chi connectivity index (χ0v) is 10.5. The van der Waals surface area contributed by atoms with E-state index in [1.807, 2.05) is 18.4 Å². The van der Waals surface area contributed by atoms with Gasteiger partial charge in [-0.15, -0.1) is 11.3 Å². The van der Waals surface area contributed by atoms with Gasteiger partial charge in [0.05, 0.1) is 0 Å². The third kappa shape index (κ3) is 3.90. The van der Waals surface area contributed by atoms with Gasteiger partial charge >= 0.3 is 0 Å². The minimum atomic E-state index is 0.140. The van der Waals surface area contributed by atoms with Gasteiger partial charge in [-0.1, -0.05) is 6.92 Å². The second-order valence-corrected chi connectivity index (χ2v) is 4.81. The molecule has 0 aliphatic carbocycles. The summed E-state index contributed by atoms with van der Waals surface area (Å²) in [5, 5.41) is 1.97. The number of Topliss-reactive ketones (excluding diaryl/α,β-unsaturated/α-hetero) is 1. The summed E-state index contributed by atoms with van der Waals surface area (Å²) >= 11 is 4.99. The van der Waals surface area contributed by atoms with Crippen LogP contribution in [0.2, 0.25) is 0 Å². The molecule has 0 saturated heterocycles. The number of ether oxygens (including phenoxy) is 1. The molecule has 0 spiro atoms. The van der Waals surface area contributed by atoms with Crippen molar-refractivity contribution in [3.8, 4) is 0 Å². The lowest BCUT2D eigenvalue weighted by Gasteiger charge is -2.00. The van der Waals surface area contributed by atoms with E-state index >= 15 is 0 Å². The number of carbonyl (C=O) groups excluding carboxylic acids is 1. The van der Waals surface area contributed by atoms with Crippen LogP contribution < -0.4 is 0 Å². The van der Waals surface area contributed by atoms with Crippen LogP contribution in [-0.2, 0) is 16.0 Å². The van der Waals surface area contributed by atoms with E-state index in [1.54, 1.807) is 11.3 Å². The second-order valence-electron chi connectivity index (χ2n) is 2.96. The Bertz CT molecular complexity index is 296. The van der Waals surface area contributed by atoms with Gasteiger partial charge in [-0.25, -0.2) is 0 Å². The lowest BCUT2D eigenvalue weighted by Crippen LogP contribution is -2.11. The average molecular weight is 277 g/mol. The summed E-state index contributed by atoms with van der Waals surface area (Å²) in [4.78, 5) is 12.5. The van der Waals surface area contributed by atoms with E-state index in [4.69, 9.17) is 4.74 Å². The molecule has 0 N–H and O–H groups in total. The van der Waals surface area contributed by atoms with Gasteiger partial charge in [-0.2, -0.15) is 0 Å². The molecule has 1 heterocycles. The molecule has 0 aliphatic rings. The molecule has 0 bridgehead atoms. The fraction of sp³-hybridized carbons (Fsp3) is 0.500. The highest BCUT2D eigenvalue weighted by Gasteiger charge is 2.07. The number of hydrogen-bond acceptors (Lipinski definition) is 3. The Hall–Kier alpha value is -0.190. The fourth-order valence-electron chi connectivity index (χ4n) is 1.01. The van der Waals surface area contributed by atoms with E-state index < -0.39 is 0 Å². The highest BCUT2D eigenvalue weighted by Crippen LogP contribution is 2.23. The second kappa shape index (κ2) is 6.32. The molecular weight excluding hydrogens is 264 g/mol. The van der Waals surface area contributed by atoms with Crippen molar-refractivity contribution in [3.63, 3.8) is 0 Å². The molecule has 0 fully saturated rings. The van der Waals surface area contributed by atoms with Crippen molar-refractivity contribution < 1.29 is 9.53 Å². The SMILES string of the molecule is CCCOCC(=O)Cc1sccc1Br. The molecule has 0 saturated carbocycles. The van der Waals surface area contributed by atoms with Gasteiger partial charge in [0.2, 0.25) is 0 Å². The van der Waals surface area contributed by atoms with Crippen molar-refractivity contribution in [2.45, 2.75) is 19.8 Å². The Morgan fingerprint density at radius 2 is 2.43 bits per heavy atom. The number of hydrogen-bond donors (Lipinski definition) is 0. The maximum atomic E-state index is 11.4. The first-order chi connectivity index (χ1) is 6.74. The van der Waals surface area contributed by atoms with Crippen molar-refractivity contribution in [1.29, 1.82) is 0 Å². The van der Waals surface area contributed by atoms with Gasteiger partial charge in [0.15, 0.2) is 5.78 Å². The molecule has 0 radical (unpaired) electrons. The van der Waals surface area contributed by atoms with Crippen LogP contribution in [0.4, 0.5) is 0 Å². The van der Waals surface area contributed by atoms with Crippen molar-refractivity contribution in [1.82, 2.24) is 0 Å². The molecule has 14 heavy (non-hydrogen) atoms. The monoisotopic (exact) mass is 276 g/mol. The van der Waals surface area contributed by atoms with Gasteiger partial charge in [0.1, 0.15) is 6.61 Å². The largest absolute Gasteiger partial charge is 0.374 e. The van der Waals surface area contributed by atoms with E-state index in [0.29, 0.717) is 13.0 Å². The molecule has 78 valence electrons. The normalized spacial score (nSPS) is 10.4. The molecule has 0 aromatic carbocycles. The highest BCUT2D eigenvalue weighted by molar-refractivity contribution is 9.10. The first kappa shape index (κ1) is 11.9. The third-order valence-electron chi connectivity index (χ3n) is 1.66. The average Bonchev–Trinajstić information content (AvgIpc) is 2.52. The van der Waals surface area contributed by atoms with Crippen LogP contribution in [0.15, 0.2) is 15.9 Å². The quantitative estimate of drug-likeness (QED) is 0.747. The minimum Gasteiger partial charge on any atom is -0.374 e. The number of ketones is 1. The van der Waals surface area contributed by atoms with Crippen LogP contribution in [0, 0.1) is 0 Å². The smallest absolute Gasteiger partial charge is 0.163 e. The van der Waals surface area contributed by atoms with Crippen LogP contribution in [0.3, 0.4) is 0 Å². The maximum absolute atomic E-state index is 11.4. The molecule has 0 amide bonds. The molecule has 0 unspecified atom stereocenters. The van der Waals surface area contributed by atoms with E-state index in [-0.39, 0.29) is 12.4 Å². The predicted molar refractivity (Wildman–Crippen MR) is 61.8 cm³/mol. The summed E-state index contributed by atoms with van der Waals surface area (Å²) in [6, 6.07) is 1.96. The van der Waals surface area contributed by atoms with Crippen LogP contribution in [-0.4, -0.2) is 19.0 Å². The Kier molecular flexibility index (Phi) is 5.37. The van der Waals surface area contributed by atoms with Crippen LogP contribution >= 0.6 is 27.3 Å². The van der Waals surface area contributed by atoms with Gasteiger partial charge in [-0.3, -0.25) is 4.79 Å². The van der Waals surface area contributed by atoms with Gasteiger partial charge in [0.25, 0.3) is 0 Å². The van der Waals surface area contributed by atoms with Crippen LogP contribution in [0.5, 0.6) is 0 Å². The van der Waals surface area contributed by atoms with Crippen LogP contribution in [0.1, 0.15) is 18.2 Å². The van der Waals surface area contributed by atoms with E-state index in [0.717, 1.165) is 15.8 Å². The van der Waals surface area contributed by atoms with Crippen molar-refractivity contribution in [3.05, 3.63) is 20.8 Å². The molecule has 2 nitrogen and oxygen atoms in total. The summed E-state index contributed by atoms with van der Waals surface area (Å²) in [6.07, 6.45) is 1.43. The summed E-state index contributed by atoms with van der Waals surface area (Å²) in [5.41, 5.74) is 0. The number of carbonyl (C=O) groups is 1. The van der Waals surface area contributed by atoms with Gasteiger partial charge < -0.3 is 4.74 Å². The Balaban J connectivity index is 2.31. The van der Waals surface area contributed by atoms with E-state index in [1.165, 1.54) is 0 Å². The van der Waals surface area contributed by atoms with Crippen molar-refractivity contribution in [2.24, 2.45) is 0 Å². The molecule has 1 aromatic heterocycles.